The molecule has 1 aliphatic heterocycles. The van der Waals surface area contributed by atoms with E-state index in [2.05, 4.69) is 15.4 Å². The monoisotopic (exact) mass is 619 g/mol. The van der Waals surface area contributed by atoms with Crippen LogP contribution in [0.15, 0.2) is 42.0 Å². The molecular weight excluding hydrogens is 566 g/mol. The highest BCUT2D eigenvalue weighted by molar-refractivity contribution is 7.87. The van der Waals surface area contributed by atoms with Crippen LogP contribution in [0.25, 0.3) is 0 Å². The molecule has 1 aromatic carbocycles. The molecule has 2 rings (SSSR count). The number of likely N-dealkylation sites (N-methyl/N-ethyl adjacent to an activating group) is 2. The minimum atomic E-state index is -3.95. The second-order valence-corrected chi connectivity index (χ2v) is 15.2. The third kappa shape index (κ3) is 9.36. The minimum Gasteiger partial charge on any atom is -0.342 e. The number of piperidine rings is 1. The van der Waals surface area contributed by atoms with Gasteiger partial charge in [0.15, 0.2) is 0 Å². The van der Waals surface area contributed by atoms with Crippen molar-refractivity contribution in [1.82, 2.24) is 24.6 Å². The second-order valence-electron chi connectivity index (χ2n) is 13.5. The third-order valence-corrected chi connectivity index (χ3v) is 9.81. The van der Waals surface area contributed by atoms with Crippen LogP contribution in [0.5, 0.6) is 0 Å². The lowest BCUT2D eigenvalue weighted by Crippen LogP contribution is -2.61. The van der Waals surface area contributed by atoms with Gasteiger partial charge in [-0.1, -0.05) is 91.3 Å². The van der Waals surface area contributed by atoms with E-state index in [9.17, 15) is 22.8 Å². The minimum absolute atomic E-state index is 0.103. The lowest BCUT2D eigenvalue weighted by molar-refractivity contribution is -0.140. The van der Waals surface area contributed by atoms with Crippen LogP contribution in [-0.2, 0) is 30.0 Å². The zero-order valence-corrected chi connectivity index (χ0v) is 28.5. The van der Waals surface area contributed by atoms with E-state index in [4.69, 9.17) is 0 Å². The molecule has 242 valence electrons. The summed E-state index contributed by atoms with van der Waals surface area (Å²) in [4.78, 5) is 42.3. The summed E-state index contributed by atoms with van der Waals surface area (Å²) in [6, 6.07) is 7.74. The third-order valence-electron chi connectivity index (χ3n) is 8.32. The smallest absolute Gasteiger partial charge is 0.304 e. The molecule has 0 radical (unpaired) electrons. The second kappa shape index (κ2) is 14.8. The number of carbonyl (C=O) groups excluding carboxylic acids is 3. The van der Waals surface area contributed by atoms with Crippen molar-refractivity contribution in [3.63, 3.8) is 0 Å². The molecular formula is C32H53N5O5S. The SMILES string of the molecule is CNC(C(=O)NC(C(=O)N(C)C(C=C(C)C(=O)NS(=O)(=O)N1CCCCC1)C(C)C)C(C)(C)C)C(C)(C)c1ccccc1. The number of benzene rings is 1. The number of nitrogens with one attached hydrogen (secondary N) is 3. The Labute approximate surface area is 259 Å². The lowest BCUT2D eigenvalue weighted by atomic mass is 9.76. The number of rotatable bonds is 12. The van der Waals surface area contributed by atoms with Gasteiger partial charge in [0, 0.05) is 31.1 Å². The molecule has 1 fully saturated rings. The van der Waals surface area contributed by atoms with E-state index in [1.165, 1.54) is 9.21 Å². The topological polar surface area (TPSA) is 128 Å². The molecule has 10 nitrogen and oxygen atoms in total. The molecule has 43 heavy (non-hydrogen) atoms. The maximum atomic E-state index is 14.0. The summed E-state index contributed by atoms with van der Waals surface area (Å²) in [5.74, 6) is -1.43. The summed E-state index contributed by atoms with van der Waals surface area (Å²) >= 11 is 0. The largest absolute Gasteiger partial charge is 0.342 e. The van der Waals surface area contributed by atoms with E-state index in [0.29, 0.717) is 13.1 Å². The first kappa shape index (κ1) is 36.4. The van der Waals surface area contributed by atoms with E-state index in [1.54, 1.807) is 27.1 Å². The Morgan fingerprint density at radius 3 is 2.00 bits per heavy atom. The fraction of sp³-hybridized carbons (Fsp3) is 0.656. The number of amides is 3. The summed E-state index contributed by atoms with van der Waals surface area (Å²) in [7, 11) is -0.574. The molecule has 3 unspecified atom stereocenters. The van der Waals surface area contributed by atoms with Crippen molar-refractivity contribution < 1.29 is 22.8 Å². The Balaban J connectivity index is 2.29. The van der Waals surface area contributed by atoms with Crippen molar-refractivity contribution in [3.05, 3.63) is 47.5 Å². The molecule has 11 heteroatoms. The van der Waals surface area contributed by atoms with Gasteiger partial charge in [-0.2, -0.15) is 12.7 Å². The highest BCUT2D eigenvalue weighted by atomic mass is 32.2. The predicted molar refractivity (Wildman–Crippen MR) is 171 cm³/mol. The normalized spacial score (nSPS) is 17.6. The highest BCUT2D eigenvalue weighted by Crippen LogP contribution is 2.29. The summed E-state index contributed by atoms with van der Waals surface area (Å²) < 4.78 is 29.0. The van der Waals surface area contributed by atoms with Gasteiger partial charge in [-0.05, 0) is 43.7 Å². The molecule has 0 aromatic heterocycles. The molecule has 1 aromatic rings. The molecule has 3 N–H and O–H groups in total. The predicted octanol–water partition coefficient (Wildman–Crippen LogP) is 3.36. The van der Waals surface area contributed by atoms with Crippen molar-refractivity contribution in [1.29, 1.82) is 0 Å². The number of hydrogen-bond acceptors (Lipinski definition) is 6. The number of carbonyl (C=O) groups is 3. The number of hydrogen-bond donors (Lipinski definition) is 3. The van der Waals surface area contributed by atoms with Gasteiger partial charge in [-0.15, -0.1) is 0 Å². The van der Waals surface area contributed by atoms with Crippen LogP contribution in [0.1, 0.15) is 80.2 Å². The van der Waals surface area contributed by atoms with Crippen LogP contribution in [0.4, 0.5) is 0 Å². The molecule has 0 spiro atoms. The van der Waals surface area contributed by atoms with E-state index in [-0.39, 0.29) is 23.3 Å². The van der Waals surface area contributed by atoms with Crippen LogP contribution in [0, 0.1) is 11.3 Å². The fourth-order valence-electron chi connectivity index (χ4n) is 5.53. The zero-order chi connectivity index (χ0) is 32.8. The van der Waals surface area contributed by atoms with Gasteiger partial charge >= 0.3 is 10.2 Å². The number of nitrogens with zero attached hydrogens (tertiary/aromatic N) is 2. The van der Waals surface area contributed by atoms with Gasteiger partial charge in [0.2, 0.25) is 11.8 Å². The highest BCUT2D eigenvalue weighted by Gasteiger charge is 2.41. The lowest BCUT2D eigenvalue weighted by Gasteiger charge is -2.40. The van der Waals surface area contributed by atoms with Crippen LogP contribution in [0.2, 0.25) is 0 Å². The Hall–Kier alpha value is -2.76. The summed E-state index contributed by atoms with van der Waals surface area (Å²) in [6.45, 7) is 15.8. The van der Waals surface area contributed by atoms with Gasteiger partial charge < -0.3 is 15.5 Å². The first-order valence-electron chi connectivity index (χ1n) is 15.1. The van der Waals surface area contributed by atoms with Crippen LogP contribution in [-0.4, -0.2) is 80.7 Å². The van der Waals surface area contributed by atoms with Gasteiger partial charge in [-0.3, -0.25) is 14.4 Å². The Morgan fingerprint density at radius 2 is 1.51 bits per heavy atom. The van der Waals surface area contributed by atoms with Crippen LogP contribution in [0.3, 0.4) is 0 Å². The Bertz CT molecular complexity index is 1250. The van der Waals surface area contributed by atoms with Crippen molar-refractivity contribution >= 4 is 27.9 Å². The quantitative estimate of drug-likeness (QED) is 0.308. The summed E-state index contributed by atoms with van der Waals surface area (Å²) in [6.07, 6.45) is 4.11. The average Bonchev–Trinajstić information content (AvgIpc) is 2.93. The van der Waals surface area contributed by atoms with Crippen molar-refractivity contribution in [2.45, 2.75) is 98.2 Å². The molecule has 0 saturated carbocycles. The van der Waals surface area contributed by atoms with Gasteiger partial charge in [-0.25, -0.2) is 4.72 Å². The fourth-order valence-corrected chi connectivity index (χ4v) is 6.79. The van der Waals surface area contributed by atoms with Crippen molar-refractivity contribution in [3.8, 4) is 0 Å². The van der Waals surface area contributed by atoms with Crippen molar-refractivity contribution in [2.75, 3.05) is 27.2 Å². The Morgan fingerprint density at radius 1 is 0.953 bits per heavy atom. The molecule has 1 heterocycles. The summed E-state index contributed by atoms with van der Waals surface area (Å²) in [5.41, 5.74) is -0.0211. The molecule has 1 aliphatic rings. The molecule has 3 atom stereocenters. The van der Waals surface area contributed by atoms with Gasteiger partial charge in [0.25, 0.3) is 5.91 Å². The first-order chi connectivity index (χ1) is 19.8. The maximum absolute atomic E-state index is 14.0. The maximum Gasteiger partial charge on any atom is 0.304 e. The molecule has 0 bridgehead atoms. The molecule has 1 saturated heterocycles. The van der Waals surface area contributed by atoms with Gasteiger partial charge in [0.1, 0.15) is 6.04 Å². The molecule has 3 amide bonds. The van der Waals surface area contributed by atoms with E-state index in [0.717, 1.165) is 24.8 Å². The molecule has 0 aliphatic carbocycles. The van der Waals surface area contributed by atoms with Crippen LogP contribution >= 0.6 is 0 Å². The van der Waals surface area contributed by atoms with E-state index < -0.39 is 45.1 Å². The van der Waals surface area contributed by atoms with Gasteiger partial charge in [0.05, 0.1) is 12.1 Å². The first-order valence-corrected chi connectivity index (χ1v) is 16.6. The average molecular weight is 620 g/mol. The van der Waals surface area contributed by atoms with E-state index in [1.807, 2.05) is 78.8 Å². The van der Waals surface area contributed by atoms with Crippen molar-refractivity contribution in [2.24, 2.45) is 11.3 Å². The Kier molecular flexibility index (Phi) is 12.5. The standard InChI is InChI=1S/C32H53N5O5S/c1-22(2)25(21-23(3)28(38)35-43(41,42)37-19-15-12-16-20-37)36(10)30(40)27(31(4,5)6)34-29(39)26(33-9)32(7,8)24-17-13-11-14-18-24/h11,13-14,17-18,21-22,25-27,33H,12,15-16,19-20H2,1-10H3,(H,34,39)(H,35,38). The van der Waals surface area contributed by atoms with E-state index >= 15 is 0 Å². The zero-order valence-electron chi connectivity index (χ0n) is 27.7. The summed E-state index contributed by atoms with van der Waals surface area (Å²) in [5, 5.41) is 6.17. The van der Waals surface area contributed by atoms with Crippen LogP contribution < -0.4 is 15.4 Å².